The van der Waals surface area contributed by atoms with E-state index in [1.165, 1.54) is 0 Å². The topological polar surface area (TPSA) is 69.3 Å². The predicted octanol–water partition coefficient (Wildman–Crippen LogP) is 2.93. The highest BCUT2D eigenvalue weighted by Gasteiger charge is 2.32. The lowest BCUT2D eigenvalue weighted by molar-refractivity contribution is -0.133. The number of carbonyl (C=O) groups is 2. The second-order valence-electron chi connectivity index (χ2n) is 7.10. The number of benzene rings is 1. The molecule has 6 nitrogen and oxygen atoms in total. The largest absolute Gasteiger partial charge is 0.335 e. The average molecular weight is 368 g/mol. The Hall–Kier alpha value is -2.63. The van der Waals surface area contributed by atoms with Gasteiger partial charge in [0.1, 0.15) is 0 Å². The number of aromatic nitrogens is 2. The van der Waals surface area contributed by atoms with Crippen LogP contribution >= 0.6 is 0 Å². The van der Waals surface area contributed by atoms with Crippen LogP contribution in [0, 0.1) is 6.92 Å². The normalized spacial score (nSPS) is 17.9. The lowest BCUT2D eigenvalue weighted by Gasteiger charge is -2.31. The average Bonchev–Trinajstić information content (AvgIpc) is 2.99. The number of aryl methyl sites for hydroxylation is 1. The van der Waals surface area contributed by atoms with Crippen LogP contribution in [-0.4, -0.2) is 50.9 Å². The Kier molecular flexibility index (Phi) is 5.94. The highest BCUT2D eigenvalue weighted by molar-refractivity contribution is 5.94. The van der Waals surface area contributed by atoms with Crippen molar-refractivity contribution in [3.8, 4) is 0 Å². The fourth-order valence-corrected chi connectivity index (χ4v) is 3.69. The third kappa shape index (κ3) is 4.04. The minimum absolute atomic E-state index is 0.00838. The maximum atomic E-state index is 13.0. The van der Waals surface area contributed by atoms with E-state index in [9.17, 15) is 9.59 Å². The standard InChI is InChI=1S/C21H28N4O2/c1-4-17-14-24(21(27)20-15(3)18(5-2)22-23-20)12-11-19(26)25(17)13-16-9-7-6-8-10-16/h6-10,17H,4-5,11-14H2,1-3H3,(H,22,23). The van der Waals surface area contributed by atoms with Crippen LogP contribution in [0.15, 0.2) is 30.3 Å². The molecule has 2 heterocycles. The van der Waals surface area contributed by atoms with E-state index in [1.54, 1.807) is 4.90 Å². The predicted molar refractivity (Wildman–Crippen MR) is 104 cm³/mol. The van der Waals surface area contributed by atoms with E-state index in [1.807, 2.05) is 49.1 Å². The van der Waals surface area contributed by atoms with Crippen LogP contribution in [-0.2, 0) is 17.8 Å². The second kappa shape index (κ2) is 8.37. The Bertz CT molecular complexity index is 800. The third-order valence-electron chi connectivity index (χ3n) is 5.41. The molecule has 1 fully saturated rings. The highest BCUT2D eigenvalue weighted by atomic mass is 16.2. The number of H-pyrrole nitrogens is 1. The molecule has 1 aliphatic heterocycles. The van der Waals surface area contributed by atoms with Gasteiger partial charge in [-0.05, 0) is 25.3 Å². The van der Waals surface area contributed by atoms with E-state index in [-0.39, 0.29) is 17.9 Å². The van der Waals surface area contributed by atoms with Crippen molar-refractivity contribution >= 4 is 11.8 Å². The Morgan fingerprint density at radius 2 is 2.00 bits per heavy atom. The Balaban J connectivity index is 1.79. The van der Waals surface area contributed by atoms with Gasteiger partial charge in [0.25, 0.3) is 5.91 Å². The lowest BCUT2D eigenvalue weighted by atomic mass is 10.1. The van der Waals surface area contributed by atoms with Crippen LogP contribution < -0.4 is 0 Å². The van der Waals surface area contributed by atoms with Gasteiger partial charge in [-0.1, -0.05) is 44.2 Å². The quantitative estimate of drug-likeness (QED) is 0.882. The van der Waals surface area contributed by atoms with Crippen molar-refractivity contribution in [3.05, 3.63) is 52.8 Å². The second-order valence-corrected chi connectivity index (χ2v) is 7.10. The Labute approximate surface area is 160 Å². The van der Waals surface area contributed by atoms with Crippen molar-refractivity contribution in [2.24, 2.45) is 0 Å². The minimum Gasteiger partial charge on any atom is -0.335 e. The molecule has 144 valence electrons. The highest BCUT2D eigenvalue weighted by Crippen LogP contribution is 2.20. The summed E-state index contributed by atoms with van der Waals surface area (Å²) in [5, 5.41) is 7.19. The van der Waals surface area contributed by atoms with Crippen LogP contribution in [0.2, 0.25) is 0 Å². The molecule has 1 aliphatic rings. The maximum absolute atomic E-state index is 13.0. The molecule has 6 heteroatoms. The van der Waals surface area contributed by atoms with E-state index in [0.717, 1.165) is 29.7 Å². The summed E-state index contributed by atoms with van der Waals surface area (Å²) in [6.07, 6.45) is 1.97. The van der Waals surface area contributed by atoms with E-state index >= 15 is 0 Å². The molecule has 0 spiro atoms. The molecule has 0 radical (unpaired) electrons. The first kappa shape index (κ1) is 19.1. The fraction of sp³-hybridized carbons (Fsp3) is 0.476. The van der Waals surface area contributed by atoms with Crippen LogP contribution in [0.25, 0.3) is 0 Å². The summed E-state index contributed by atoms with van der Waals surface area (Å²) in [5.41, 5.74) is 3.49. The smallest absolute Gasteiger partial charge is 0.274 e. The Morgan fingerprint density at radius 1 is 1.26 bits per heavy atom. The molecule has 1 saturated heterocycles. The fourth-order valence-electron chi connectivity index (χ4n) is 3.69. The minimum atomic E-state index is -0.0868. The number of hydrogen-bond acceptors (Lipinski definition) is 3. The van der Waals surface area contributed by atoms with Gasteiger partial charge < -0.3 is 9.80 Å². The molecule has 3 rings (SSSR count). The molecule has 2 amide bonds. The van der Waals surface area contributed by atoms with Crippen LogP contribution in [0.3, 0.4) is 0 Å². The van der Waals surface area contributed by atoms with E-state index in [4.69, 9.17) is 0 Å². The zero-order chi connectivity index (χ0) is 19.4. The molecule has 0 bridgehead atoms. The monoisotopic (exact) mass is 368 g/mol. The summed E-state index contributed by atoms with van der Waals surface area (Å²) >= 11 is 0. The first-order valence-electron chi connectivity index (χ1n) is 9.71. The molecule has 1 aromatic heterocycles. The number of carbonyl (C=O) groups excluding carboxylic acids is 2. The van der Waals surface area contributed by atoms with E-state index in [2.05, 4.69) is 17.1 Å². The summed E-state index contributed by atoms with van der Waals surface area (Å²) in [6.45, 7) is 7.60. The number of hydrogen-bond donors (Lipinski definition) is 1. The van der Waals surface area contributed by atoms with Gasteiger partial charge in [-0.25, -0.2) is 0 Å². The van der Waals surface area contributed by atoms with Gasteiger partial charge in [0.2, 0.25) is 5.91 Å². The third-order valence-corrected chi connectivity index (χ3v) is 5.41. The van der Waals surface area contributed by atoms with E-state index < -0.39 is 0 Å². The van der Waals surface area contributed by atoms with Crippen molar-refractivity contribution in [2.45, 2.75) is 52.6 Å². The van der Waals surface area contributed by atoms with Gasteiger partial charge in [-0.3, -0.25) is 14.7 Å². The SMILES string of the molecule is CCc1[nH]nc(C(=O)N2CCC(=O)N(Cc3ccccc3)C(CC)C2)c1C. The van der Waals surface area contributed by atoms with E-state index in [0.29, 0.717) is 31.7 Å². The molecular formula is C21H28N4O2. The molecule has 0 aliphatic carbocycles. The molecule has 1 atom stereocenters. The molecule has 0 saturated carbocycles. The number of nitrogens with zero attached hydrogens (tertiary/aromatic N) is 3. The summed E-state index contributed by atoms with van der Waals surface area (Å²) in [7, 11) is 0. The van der Waals surface area contributed by atoms with Crippen molar-refractivity contribution in [2.75, 3.05) is 13.1 Å². The van der Waals surface area contributed by atoms with Gasteiger partial charge in [-0.15, -0.1) is 0 Å². The zero-order valence-electron chi connectivity index (χ0n) is 16.4. The van der Waals surface area contributed by atoms with Gasteiger partial charge in [-0.2, -0.15) is 5.10 Å². The molecule has 1 aromatic carbocycles. The number of nitrogens with one attached hydrogen (secondary N) is 1. The van der Waals surface area contributed by atoms with Gasteiger partial charge >= 0.3 is 0 Å². The lowest BCUT2D eigenvalue weighted by Crippen LogP contribution is -2.44. The zero-order valence-corrected chi connectivity index (χ0v) is 16.4. The van der Waals surface area contributed by atoms with Crippen molar-refractivity contribution < 1.29 is 9.59 Å². The van der Waals surface area contributed by atoms with Gasteiger partial charge in [0.15, 0.2) is 5.69 Å². The molecule has 2 aromatic rings. The molecule has 1 N–H and O–H groups in total. The van der Waals surface area contributed by atoms with Gasteiger partial charge in [0, 0.05) is 43.4 Å². The number of aromatic amines is 1. The van der Waals surface area contributed by atoms with Crippen molar-refractivity contribution in [1.82, 2.24) is 20.0 Å². The summed E-state index contributed by atoms with van der Waals surface area (Å²) in [6, 6.07) is 10.0. The molecule has 27 heavy (non-hydrogen) atoms. The van der Waals surface area contributed by atoms with Gasteiger partial charge in [0.05, 0.1) is 0 Å². The van der Waals surface area contributed by atoms with Crippen LogP contribution in [0.1, 0.15) is 54.0 Å². The van der Waals surface area contributed by atoms with Crippen LogP contribution in [0.5, 0.6) is 0 Å². The summed E-state index contributed by atoms with van der Waals surface area (Å²) in [4.78, 5) is 29.5. The maximum Gasteiger partial charge on any atom is 0.274 e. The van der Waals surface area contributed by atoms with Crippen molar-refractivity contribution in [3.63, 3.8) is 0 Å². The van der Waals surface area contributed by atoms with Crippen LogP contribution in [0.4, 0.5) is 0 Å². The first-order chi connectivity index (χ1) is 13.0. The molecule has 1 unspecified atom stereocenters. The summed E-state index contributed by atoms with van der Waals surface area (Å²) in [5.74, 6) is 0.0188. The first-order valence-corrected chi connectivity index (χ1v) is 9.71. The summed E-state index contributed by atoms with van der Waals surface area (Å²) < 4.78 is 0. The Morgan fingerprint density at radius 3 is 2.63 bits per heavy atom. The number of amides is 2. The number of rotatable bonds is 5. The molecular weight excluding hydrogens is 340 g/mol. The van der Waals surface area contributed by atoms with Crippen molar-refractivity contribution in [1.29, 1.82) is 0 Å².